The number of para-hydroxylation sites is 1. The summed E-state index contributed by atoms with van der Waals surface area (Å²) in [5.41, 5.74) is 18.4. The molecule has 2 aliphatic rings. The van der Waals surface area contributed by atoms with E-state index in [1.165, 1.54) is 61.2 Å². The standard InChI is InChI=1S/C58H63N3O.Pt/c1-53(2,3)36-25-26-59-47(32-36)35-19-17-20-39(27-35)62-40-23-24-43-49(33-40)61-34-60(16)48-22-18-21-44(52(48)61)58(43)50-41(28-37(54(4,5)6)30-45(50)56(10,11)12)42-29-38(55(7,8)9)31-46(51(42)58)57(13,14)15;/h17-26,28-32H,1-16H3;/q-2;. The van der Waals surface area contributed by atoms with E-state index in [-0.39, 0.29) is 48.1 Å². The Labute approximate surface area is 391 Å². The van der Waals surface area contributed by atoms with Gasteiger partial charge in [-0.1, -0.05) is 164 Å². The Morgan fingerprint density at radius 2 is 1.13 bits per heavy atom. The van der Waals surface area contributed by atoms with E-state index in [0.717, 1.165) is 28.0 Å². The summed E-state index contributed by atoms with van der Waals surface area (Å²) < 4.78 is 11.1. The SMILES string of the molecule is C[n+]1[c-]n2c3c(cccc31)C1(c3ccc(Oc4[c-]c(-c5cc(C(C)(C)C)ccn5)ccc4)[c-]c3-2)c2c(cc(C(C)(C)C)cc2C(C)(C)C)-c2cc(C(C)(C)C)cc(C(C)(C)C)c21.[Pt]. The minimum atomic E-state index is -0.669. The van der Waals surface area contributed by atoms with E-state index in [1.54, 1.807) is 0 Å². The second-order valence-electron chi connectivity index (χ2n) is 23.1. The number of fused-ring (bicyclic) bond motifs is 9. The van der Waals surface area contributed by atoms with Gasteiger partial charge < -0.3 is 18.9 Å². The summed E-state index contributed by atoms with van der Waals surface area (Å²) in [5, 5.41) is 0. The molecule has 7 aromatic rings. The van der Waals surface area contributed by atoms with Gasteiger partial charge in [-0.25, -0.2) is 0 Å². The molecule has 1 aliphatic carbocycles. The van der Waals surface area contributed by atoms with Crippen LogP contribution in [-0.4, -0.2) is 9.55 Å². The predicted octanol–water partition coefficient (Wildman–Crippen LogP) is 13.9. The summed E-state index contributed by atoms with van der Waals surface area (Å²) >= 11 is 0. The van der Waals surface area contributed by atoms with Crippen molar-refractivity contribution >= 4 is 11.0 Å². The van der Waals surface area contributed by atoms with Crippen LogP contribution in [0.4, 0.5) is 0 Å². The molecule has 0 atom stereocenters. The van der Waals surface area contributed by atoms with Crippen LogP contribution in [0.1, 0.15) is 154 Å². The van der Waals surface area contributed by atoms with Crippen molar-refractivity contribution in [1.82, 2.24) is 9.55 Å². The predicted molar refractivity (Wildman–Crippen MR) is 255 cm³/mol. The number of benzene rings is 5. The summed E-state index contributed by atoms with van der Waals surface area (Å²) in [7, 11) is 2.10. The molecule has 2 aromatic heterocycles. The maximum absolute atomic E-state index is 6.77. The second-order valence-corrected chi connectivity index (χ2v) is 23.1. The van der Waals surface area contributed by atoms with E-state index in [2.05, 4.69) is 211 Å². The third-order valence-corrected chi connectivity index (χ3v) is 13.3. The molecule has 0 fully saturated rings. The van der Waals surface area contributed by atoms with Crippen LogP contribution in [0, 0.1) is 18.5 Å². The van der Waals surface area contributed by atoms with E-state index in [4.69, 9.17) is 9.72 Å². The van der Waals surface area contributed by atoms with Crippen molar-refractivity contribution < 1.29 is 30.4 Å². The number of aromatic nitrogens is 3. The Kier molecular flexibility index (Phi) is 10.4. The summed E-state index contributed by atoms with van der Waals surface area (Å²) in [4.78, 5) is 4.73. The number of ether oxygens (including phenoxy) is 1. The molecule has 0 amide bonds. The minimum absolute atomic E-state index is 0. The summed E-state index contributed by atoms with van der Waals surface area (Å²) in [5.74, 6) is 1.24. The molecule has 5 aromatic carbocycles. The molecule has 0 bridgehead atoms. The smallest absolute Gasteiger partial charge is 0.242 e. The van der Waals surface area contributed by atoms with Gasteiger partial charge in [0.1, 0.15) is 0 Å². The molecule has 0 saturated heterocycles. The third-order valence-electron chi connectivity index (χ3n) is 13.3. The van der Waals surface area contributed by atoms with Crippen molar-refractivity contribution in [3.8, 4) is 39.6 Å². The van der Waals surface area contributed by atoms with Crippen molar-refractivity contribution in [3.05, 3.63) is 160 Å². The third kappa shape index (κ3) is 7.15. The second kappa shape index (κ2) is 14.6. The number of imidazole rings is 1. The molecule has 9 rings (SSSR count). The fourth-order valence-corrected chi connectivity index (χ4v) is 9.95. The van der Waals surface area contributed by atoms with Gasteiger partial charge in [0.2, 0.25) is 6.33 Å². The number of rotatable bonds is 3. The normalized spacial score (nSPS) is 14.3. The van der Waals surface area contributed by atoms with Gasteiger partial charge in [0.15, 0.2) is 0 Å². The molecule has 0 saturated carbocycles. The molecule has 0 unspecified atom stereocenters. The molecule has 5 heteroatoms. The number of hydrogen-bond acceptors (Lipinski definition) is 2. The molecule has 1 aliphatic heterocycles. The van der Waals surface area contributed by atoms with Gasteiger partial charge in [0.05, 0.1) is 18.1 Å². The molecular weight excluding hydrogens is 950 g/mol. The zero-order chi connectivity index (χ0) is 44.7. The Hall–Kier alpha value is -4.79. The Morgan fingerprint density at radius 1 is 0.571 bits per heavy atom. The van der Waals surface area contributed by atoms with Crippen LogP contribution in [0.3, 0.4) is 0 Å². The summed E-state index contributed by atoms with van der Waals surface area (Å²) in [6, 6.07) is 39.1. The first-order valence-corrected chi connectivity index (χ1v) is 22.4. The van der Waals surface area contributed by atoms with E-state index in [1.807, 2.05) is 18.3 Å². The monoisotopic (exact) mass is 1010 g/mol. The minimum Gasteiger partial charge on any atom is -0.504 e. The van der Waals surface area contributed by atoms with E-state index >= 15 is 0 Å². The number of hydrogen-bond donors (Lipinski definition) is 0. The van der Waals surface area contributed by atoms with Gasteiger partial charge in [-0.3, -0.25) is 0 Å². The van der Waals surface area contributed by atoms with Gasteiger partial charge in [-0.15, -0.1) is 41.5 Å². The molecule has 4 nitrogen and oxygen atoms in total. The van der Waals surface area contributed by atoms with Crippen molar-refractivity contribution in [2.75, 3.05) is 0 Å². The van der Waals surface area contributed by atoms with Gasteiger partial charge in [-0.05, 0) is 94.5 Å². The average Bonchev–Trinajstić information content (AvgIpc) is 3.67. The van der Waals surface area contributed by atoms with Gasteiger partial charge >= 0.3 is 0 Å². The van der Waals surface area contributed by atoms with Crippen molar-refractivity contribution in [2.45, 2.75) is 136 Å². The van der Waals surface area contributed by atoms with Gasteiger partial charge in [-0.2, -0.15) is 6.07 Å². The van der Waals surface area contributed by atoms with Crippen molar-refractivity contribution in [3.63, 3.8) is 0 Å². The zero-order valence-electron chi connectivity index (χ0n) is 40.2. The topological polar surface area (TPSA) is 30.9 Å². The number of aryl methyl sites for hydroxylation is 1. The quantitative estimate of drug-likeness (QED) is 0.130. The first-order valence-electron chi connectivity index (χ1n) is 22.4. The molecule has 1 spiro atoms. The fraction of sp³-hybridized carbons (Fsp3) is 0.379. The Bertz CT molecular complexity index is 2890. The van der Waals surface area contributed by atoms with Crippen LogP contribution >= 0.6 is 0 Å². The maximum atomic E-state index is 6.77. The van der Waals surface area contributed by atoms with Crippen LogP contribution < -0.4 is 9.30 Å². The molecule has 63 heavy (non-hydrogen) atoms. The van der Waals surface area contributed by atoms with Crippen LogP contribution in [0.2, 0.25) is 0 Å². The fourth-order valence-electron chi connectivity index (χ4n) is 9.95. The molecular formula is C58H63N3OPt-2. The molecule has 0 N–H and O–H groups in total. The zero-order valence-corrected chi connectivity index (χ0v) is 42.5. The maximum Gasteiger partial charge on any atom is 0.242 e. The average molecular weight is 1010 g/mol. The van der Waals surface area contributed by atoms with Crippen molar-refractivity contribution in [2.24, 2.45) is 7.05 Å². The van der Waals surface area contributed by atoms with Crippen LogP contribution in [-0.2, 0) is 60.6 Å². The first kappa shape index (κ1) is 44.8. The largest absolute Gasteiger partial charge is 0.504 e. The van der Waals surface area contributed by atoms with Gasteiger partial charge in [0, 0.05) is 44.2 Å². The summed E-state index contributed by atoms with van der Waals surface area (Å²) in [6.07, 6.45) is 5.61. The van der Waals surface area contributed by atoms with Crippen molar-refractivity contribution in [1.29, 1.82) is 0 Å². The molecule has 328 valence electrons. The number of nitrogens with zero attached hydrogens (tertiary/aromatic N) is 3. The summed E-state index contributed by atoms with van der Waals surface area (Å²) in [6.45, 7) is 35.1. The molecule has 3 heterocycles. The Balaban J connectivity index is 0.00000544. The van der Waals surface area contributed by atoms with E-state index in [0.29, 0.717) is 11.5 Å². The number of pyridine rings is 1. The first-order chi connectivity index (χ1) is 28.8. The van der Waals surface area contributed by atoms with Crippen LogP contribution in [0.25, 0.3) is 39.1 Å². The van der Waals surface area contributed by atoms with E-state index < -0.39 is 5.41 Å². The van der Waals surface area contributed by atoms with Crippen LogP contribution in [0.15, 0.2) is 91.1 Å². The van der Waals surface area contributed by atoms with Gasteiger partial charge in [0.25, 0.3) is 0 Å². The van der Waals surface area contributed by atoms with Crippen LogP contribution in [0.5, 0.6) is 11.5 Å². The Morgan fingerprint density at radius 3 is 1.68 bits per heavy atom. The molecule has 0 radical (unpaired) electrons. The van der Waals surface area contributed by atoms with E-state index in [9.17, 15) is 0 Å².